The molecule has 1 aromatic carbocycles. The third-order valence-electron chi connectivity index (χ3n) is 4.59. The maximum Gasteiger partial charge on any atom is 0.329 e. The molecule has 0 bridgehead atoms. The van der Waals surface area contributed by atoms with E-state index in [4.69, 9.17) is 5.73 Å². The molecule has 9 heteroatoms. The fraction of sp³-hybridized carbons (Fsp3) is 0.471. The molecule has 0 aromatic heterocycles. The first kappa shape index (κ1) is 18.2. The molecule has 1 aliphatic heterocycles. The van der Waals surface area contributed by atoms with E-state index in [0.29, 0.717) is 23.4 Å². The van der Waals surface area contributed by atoms with E-state index in [1.165, 1.54) is 0 Å². The first-order valence-corrected chi connectivity index (χ1v) is 8.48. The number of anilines is 1. The summed E-state index contributed by atoms with van der Waals surface area (Å²) in [4.78, 5) is 36.8. The Morgan fingerprint density at radius 1 is 1.35 bits per heavy atom. The normalized spacial score (nSPS) is 20.9. The predicted molar refractivity (Wildman–Crippen MR) is 89.1 cm³/mol. The summed E-state index contributed by atoms with van der Waals surface area (Å²) in [6.07, 6.45) is 2.26. The molecule has 0 spiro atoms. The van der Waals surface area contributed by atoms with Gasteiger partial charge >= 0.3 is 6.03 Å². The van der Waals surface area contributed by atoms with Crippen LogP contribution in [0.4, 0.5) is 19.3 Å². The monoisotopic (exact) mass is 366 g/mol. The summed E-state index contributed by atoms with van der Waals surface area (Å²) < 4.78 is 26.8. The van der Waals surface area contributed by atoms with Crippen LogP contribution in [-0.2, 0) is 9.59 Å². The topological polar surface area (TPSA) is 105 Å². The number of halogens is 2. The van der Waals surface area contributed by atoms with Crippen LogP contribution in [-0.4, -0.2) is 36.5 Å². The third kappa shape index (κ3) is 3.98. The molecule has 2 aliphatic rings. The van der Waals surface area contributed by atoms with E-state index in [1.807, 2.05) is 0 Å². The average molecular weight is 366 g/mol. The van der Waals surface area contributed by atoms with Crippen LogP contribution < -0.4 is 21.3 Å². The van der Waals surface area contributed by atoms with Gasteiger partial charge in [0.25, 0.3) is 5.91 Å². The van der Waals surface area contributed by atoms with Gasteiger partial charge in [-0.25, -0.2) is 18.5 Å². The van der Waals surface area contributed by atoms with Crippen LogP contribution in [0.5, 0.6) is 0 Å². The minimum Gasteiger partial charge on any atom is -0.355 e. The first-order chi connectivity index (χ1) is 12.4. The van der Waals surface area contributed by atoms with Crippen molar-refractivity contribution in [1.29, 1.82) is 0 Å². The standard InChI is InChI=1S/C17H20F2N4O3/c18-10-3-5-14(11(19)7-10)23-16(25)13(22-17(23)26)4-6-15(24)21-8-12(20)9-1-2-9/h3,5,7,9,12-13H,1-2,4,6,8,20H2,(H,21,24)(H,22,26). The lowest BCUT2D eigenvalue weighted by atomic mass is 10.1. The lowest BCUT2D eigenvalue weighted by Crippen LogP contribution is -2.39. The number of rotatable bonds is 7. The highest BCUT2D eigenvalue weighted by Gasteiger charge is 2.40. The summed E-state index contributed by atoms with van der Waals surface area (Å²) in [7, 11) is 0. The van der Waals surface area contributed by atoms with E-state index in [1.54, 1.807) is 0 Å². The second-order valence-corrected chi connectivity index (χ2v) is 6.62. The fourth-order valence-corrected chi connectivity index (χ4v) is 2.90. The molecule has 1 heterocycles. The van der Waals surface area contributed by atoms with Crippen molar-refractivity contribution in [2.24, 2.45) is 11.7 Å². The summed E-state index contributed by atoms with van der Waals surface area (Å²) in [5.74, 6) is -2.31. The highest BCUT2D eigenvalue weighted by molar-refractivity contribution is 6.21. The van der Waals surface area contributed by atoms with E-state index >= 15 is 0 Å². The van der Waals surface area contributed by atoms with Crippen molar-refractivity contribution in [3.63, 3.8) is 0 Å². The Morgan fingerprint density at radius 3 is 2.73 bits per heavy atom. The molecule has 2 unspecified atom stereocenters. The number of carbonyl (C=O) groups is 3. The molecular formula is C17H20F2N4O3. The number of imide groups is 1. The number of benzene rings is 1. The zero-order valence-electron chi connectivity index (χ0n) is 14.0. The molecule has 1 saturated heterocycles. The van der Waals surface area contributed by atoms with Gasteiger partial charge in [0.05, 0.1) is 5.69 Å². The highest BCUT2D eigenvalue weighted by atomic mass is 19.1. The Hall–Kier alpha value is -2.55. The maximum atomic E-state index is 13.8. The Kier molecular flexibility index (Phi) is 5.17. The van der Waals surface area contributed by atoms with Crippen LogP contribution >= 0.6 is 0 Å². The number of amides is 4. The van der Waals surface area contributed by atoms with Gasteiger partial charge in [-0.2, -0.15) is 0 Å². The van der Waals surface area contributed by atoms with Gasteiger partial charge in [0.15, 0.2) is 0 Å². The second-order valence-electron chi connectivity index (χ2n) is 6.62. The number of nitrogens with two attached hydrogens (primary N) is 1. The summed E-state index contributed by atoms with van der Waals surface area (Å²) in [6, 6.07) is 0.777. The van der Waals surface area contributed by atoms with Crippen LogP contribution in [0, 0.1) is 17.6 Å². The zero-order chi connectivity index (χ0) is 18.8. The fourth-order valence-electron chi connectivity index (χ4n) is 2.90. The van der Waals surface area contributed by atoms with Crippen LogP contribution in [0.1, 0.15) is 25.7 Å². The van der Waals surface area contributed by atoms with E-state index in [-0.39, 0.29) is 30.5 Å². The molecule has 2 atom stereocenters. The van der Waals surface area contributed by atoms with E-state index in [2.05, 4.69) is 10.6 Å². The Morgan fingerprint density at radius 2 is 2.08 bits per heavy atom. The van der Waals surface area contributed by atoms with Gasteiger partial charge in [-0.1, -0.05) is 0 Å². The molecular weight excluding hydrogens is 346 g/mol. The molecule has 3 rings (SSSR count). The van der Waals surface area contributed by atoms with Gasteiger partial charge in [-0.15, -0.1) is 0 Å². The predicted octanol–water partition coefficient (Wildman–Crippen LogP) is 1.02. The summed E-state index contributed by atoms with van der Waals surface area (Å²) in [6.45, 7) is 0.376. The molecule has 2 fully saturated rings. The SMILES string of the molecule is NC(CNC(=O)CCC1NC(=O)N(c2ccc(F)cc2F)C1=O)C1CC1. The molecule has 4 amide bonds. The Balaban J connectivity index is 1.54. The molecule has 7 nitrogen and oxygen atoms in total. The quantitative estimate of drug-likeness (QED) is 0.627. The van der Waals surface area contributed by atoms with Gasteiger partial charge in [-0.05, 0) is 37.3 Å². The van der Waals surface area contributed by atoms with Crippen molar-refractivity contribution >= 4 is 23.5 Å². The molecule has 26 heavy (non-hydrogen) atoms. The Labute approximate surface area is 148 Å². The van der Waals surface area contributed by atoms with Crippen LogP contribution in [0.2, 0.25) is 0 Å². The minimum absolute atomic E-state index is 0.0216. The Bertz CT molecular complexity index is 739. The summed E-state index contributed by atoms with van der Waals surface area (Å²) >= 11 is 0. The number of hydrogen-bond acceptors (Lipinski definition) is 4. The molecule has 4 N–H and O–H groups in total. The third-order valence-corrected chi connectivity index (χ3v) is 4.59. The van der Waals surface area contributed by atoms with E-state index < -0.39 is 29.6 Å². The number of nitrogens with one attached hydrogen (secondary N) is 2. The summed E-state index contributed by atoms with van der Waals surface area (Å²) in [5, 5.41) is 5.12. The lowest BCUT2D eigenvalue weighted by Gasteiger charge is -2.14. The van der Waals surface area contributed by atoms with Gasteiger partial charge in [0, 0.05) is 25.1 Å². The van der Waals surface area contributed by atoms with Crippen LogP contribution in [0.15, 0.2) is 18.2 Å². The van der Waals surface area contributed by atoms with Crippen molar-refractivity contribution < 1.29 is 23.2 Å². The summed E-state index contributed by atoms with van der Waals surface area (Å²) in [5.41, 5.74) is 5.58. The first-order valence-electron chi connectivity index (χ1n) is 8.48. The van der Waals surface area contributed by atoms with Crippen molar-refractivity contribution in [1.82, 2.24) is 10.6 Å². The number of urea groups is 1. The maximum absolute atomic E-state index is 13.8. The lowest BCUT2D eigenvalue weighted by molar-refractivity contribution is -0.121. The van der Waals surface area contributed by atoms with Gasteiger partial charge in [0.2, 0.25) is 5.91 Å². The second kappa shape index (κ2) is 7.36. The average Bonchev–Trinajstić information content (AvgIpc) is 3.39. The number of nitrogens with zero attached hydrogens (tertiary/aromatic N) is 1. The van der Waals surface area contributed by atoms with E-state index in [9.17, 15) is 23.2 Å². The molecule has 1 saturated carbocycles. The number of carbonyl (C=O) groups excluding carboxylic acids is 3. The number of hydrogen-bond donors (Lipinski definition) is 3. The van der Waals surface area contributed by atoms with Crippen LogP contribution in [0.3, 0.4) is 0 Å². The van der Waals surface area contributed by atoms with Gasteiger partial charge < -0.3 is 16.4 Å². The molecule has 1 aromatic rings. The largest absolute Gasteiger partial charge is 0.355 e. The van der Waals surface area contributed by atoms with E-state index in [0.717, 1.165) is 25.0 Å². The van der Waals surface area contributed by atoms with Crippen molar-refractivity contribution in [3.8, 4) is 0 Å². The molecule has 1 aliphatic carbocycles. The minimum atomic E-state index is -1.01. The molecule has 140 valence electrons. The smallest absolute Gasteiger partial charge is 0.329 e. The van der Waals surface area contributed by atoms with Gasteiger partial charge in [0.1, 0.15) is 17.7 Å². The zero-order valence-corrected chi connectivity index (χ0v) is 14.0. The van der Waals surface area contributed by atoms with Crippen molar-refractivity contribution in [3.05, 3.63) is 29.8 Å². The molecule has 0 radical (unpaired) electrons. The van der Waals surface area contributed by atoms with Crippen molar-refractivity contribution in [2.45, 2.75) is 37.8 Å². The van der Waals surface area contributed by atoms with Gasteiger partial charge in [-0.3, -0.25) is 9.59 Å². The highest BCUT2D eigenvalue weighted by Crippen LogP contribution is 2.31. The van der Waals surface area contributed by atoms with Crippen LogP contribution in [0.25, 0.3) is 0 Å². The van der Waals surface area contributed by atoms with Crippen molar-refractivity contribution in [2.75, 3.05) is 11.4 Å².